The van der Waals surface area contributed by atoms with E-state index in [0.717, 1.165) is 18.7 Å². The number of sulfonamides is 1. The molecule has 142 valence electrons. The molecule has 0 aliphatic heterocycles. The van der Waals surface area contributed by atoms with E-state index >= 15 is 0 Å². The van der Waals surface area contributed by atoms with Gasteiger partial charge >= 0.3 is 0 Å². The molecule has 7 heteroatoms. The average Bonchev–Trinajstić information content (AvgIpc) is 2.49. The molecule has 0 heterocycles. The Morgan fingerprint density at radius 1 is 1.08 bits per heavy atom. The lowest BCUT2D eigenvalue weighted by atomic mass is 10.0. The Bertz CT molecular complexity index is 640. The minimum atomic E-state index is -3.31. The maximum Gasteiger partial charge on any atom is 0.225 e. The molecule has 6 nitrogen and oxygen atoms in total. The number of anilines is 1. The quantitative estimate of drug-likeness (QED) is 0.687. The van der Waals surface area contributed by atoms with Crippen LogP contribution in [-0.4, -0.2) is 63.5 Å². The molecular weight excluding hydrogens is 338 g/mol. The maximum absolute atomic E-state index is 12.1. The van der Waals surface area contributed by atoms with E-state index in [9.17, 15) is 13.2 Å². The number of amides is 1. The summed E-state index contributed by atoms with van der Waals surface area (Å²) in [6.45, 7) is 5.66. The summed E-state index contributed by atoms with van der Waals surface area (Å²) in [6.07, 6.45) is 2.06. The first-order valence-electron chi connectivity index (χ1n) is 8.59. The number of nitrogens with one attached hydrogen (secondary N) is 1. The highest BCUT2D eigenvalue weighted by atomic mass is 32.2. The molecule has 1 rings (SSSR count). The first-order valence-corrected chi connectivity index (χ1v) is 10.4. The summed E-state index contributed by atoms with van der Waals surface area (Å²) in [4.78, 5) is 14.1. The summed E-state index contributed by atoms with van der Waals surface area (Å²) < 4.78 is 25.1. The molecule has 0 fully saturated rings. The average molecular weight is 370 g/mol. The van der Waals surface area contributed by atoms with Crippen molar-refractivity contribution in [1.82, 2.24) is 9.21 Å². The first-order chi connectivity index (χ1) is 11.6. The van der Waals surface area contributed by atoms with Crippen LogP contribution in [0.4, 0.5) is 5.69 Å². The third-order valence-corrected chi connectivity index (χ3v) is 5.23. The highest BCUT2D eigenvalue weighted by Gasteiger charge is 2.17. The zero-order valence-corrected chi connectivity index (χ0v) is 16.8. The van der Waals surface area contributed by atoms with Crippen LogP contribution in [0.5, 0.6) is 0 Å². The van der Waals surface area contributed by atoms with Crippen LogP contribution < -0.4 is 5.32 Å². The normalized spacial score (nSPS) is 12.2. The molecule has 0 saturated carbocycles. The molecule has 0 unspecified atom stereocenters. The molecule has 0 atom stereocenters. The Kier molecular flexibility index (Phi) is 8.55. The summed E-state index contributed by atoms with van der Waals surface area (Å²) in [6, 6.07) is 7.73. The minimum Gasteiger partial charge on any atom is -0.326 e. The standard InChI is InChI=1S/C18H31N3O3S/c1-15(2)16-7-9-17(10-8-16)19-18(22)11-14-21(25(5,23)24)13-6-12-20(3)4/h7-10,15H,6,11-14H2,1-5H3,(H,19,22). The van der Waals surface area contributed by atoms with E-state index < -0.39 is 10.0 Å². The van der Waals surface area contributed by atoms with Crippen LogP contribution in [0.1, 0.15) is 38.2 Å². The molecule has 1 amide bonds. The van der Waals surface area contributed by atoms with Crippen molar-refractivity contribution >= 4 is 21.6 Å². The highest BCUT2D eigenvalue weighted by molar-refractivity contribution is 7.88. The van der Waals surface area contributed by atoms with Gasteiger partial charge in [0.25, 0.3) is 0 Å². The number of nitrogens with zero attached hydrogens (tertiary/aromatic N) is 2. The predicted molar refractivity (Wildman–Crippen MR) is 103 cm³/mol. The maximum atomic E-state index is 12.1. The van der Waals surface area contributed by atoms with E-state index in [1.165, 1.54) is 16.1 Å². The number of benzene rings is 1. The van der Waals surface area contributed by atoms with Gasteiger partial charge in [-0.25, -0.2) is 12.7 Å². The molecule has 0 aliphatic rings. The van der Waals surface area contributed by atoms with Gasteiger partial charge in [-0.1, -0.05) is 26.0 Å². The van der Waals surface area contributed by atoms with Gasteiger partial charge in [-0.3, -0.25) is 4.79 Å². The predicted octanol–water partition coefficient (Wildman–Crippen LogP) is 2.35. The van der Waals surface area contributed by atoms with Gasteiger partial charge in [0.05, 0.1) is 6.26 Å². The zero-order chi connectivity index (χ0) is 19.0. The van der Waals surface area contributed by atoms with Crippen LogP contribution in [-0.2, 0) is 14.8 Å². The topological polar surface area (TPSA) is 69.7 Å². The second kappa shape index (κ2) is 9.89. The number of carbonyl (C=O) groups is 1. The summed E-state index contributed by atoms with van der Waals surface area (Å²) in [5, 5.41) is 2.82. The van der Waals surface area contributed by atoms with E-state index in [2.05, 4.69) is 19.2 Å². The largest absolute Gasteiger partial charge is 0.326 e. The lowest BCUT2D eigenvalue weighted by Gasteiger charge is -2.20. The van der Waals surface area contributed by atoms with Crippen molar-refractivity contribution in [3.8, 4) is 0 Å². The molecule has 25 heavy (non-hydrogen) atoms. The van der Waals surface area contributed by atoms with Crippen LogP contribution in [0.25, 0.3) is 0 Å². The molecule has 0 aromatic heterocycles. The Morgan fingerprint density at radius 2 is 1.68 bits per heavy atom. The van der Waals surface area contributed by atoms with Gasteiger partial charge in [-0.2, -0.15) is 0 Å². The SMILES string of the molecule is CC(C)c1ccc(NC(=O)CCN(CCCN(C)C)S(C)(=O)=O)cc1. The Labute approximate surface area is 152 Å². The molecule has 0 aliphatic carbocycles. The fourth-order valence-corrected chi connectivity index (χ4v) is 3.29. The van der Waals surface area contributed by atoms with Gasteiger partial charge in [0, 0.05) is 25.2 Å². The molecular formula is C18H31N3O3S. The zero-order valence-electron chi connectivity index (χ0n) is 15.9. The van der Waals surface area contributed by atoms with Crippen LogP contribution >= 0.6 is 0 Å². The van der Waals surface area contributed by atoms with Gasteiger partial charge in [0.2, 0.25) is 15.9 Å². The summed E-state index contributed by atoms with van der Waals surface area (Å²) in [7, 11) is 0.583. The smallest absolute Gasteiger partial charge is 0.225 e. The van der Waals surface area contributed by atoms with Crippen LogP contribution in [0.3, 0.4) is 0 Å². The summed E-state index contributed by atoms with van der Waals surface area (Å²) in [5.41, 5.74) is 1.94. The lowest BCUT2D eigenvalue weighted by molar-refractivity contribution is -0.116. The van der Waals surface area contributed by atoms with E-state index in [-0.39, 0.29) is 18.9 Å². The summed E-state index contributed by atoms with van der Waals surface area (Å²) >= 11 is 0. The second-order valence-electron chi connectivity index (χ2n) is 6.89. The lowest BCUT2D eigenvalue weighted by Crippen LogP contribution is -2.35. The van der Waals surface area contributed by atoms with Crippen molar-refractivity contribution in [3.05, 3.63) is 29.8 Å². The number of rotatable bonds is 10. The third kappa shape index (κ3) is 8.47. The number of hydrogen-bond donors (Lipinski definition) is 1. The molecule has 0 bridgehead atoms. The van der Waals surface area contributed by atoms with Crippen molar-refractivity contribution < 1.29 is 13.2 Å². The number of hydrogen-bond acceptors (Lipinski definition) is 4. The second-order valence-corrected chi connectivity index (χ2v) is 8.88. The van der Waals surface area contributed by atoms with Gasteiger partial charge in [0.15, 0.2) is 0 Å². The van der Waals surface area contributed by atoms with Crippen LogP contribution in [0.15, 0.2) is 24.3 Å². The molecule has 0 spiro atoms. The van der Waals surface area contributed by atoms with Crippen molar-refractivity contribution in [2.24, 2.45) is 0 Å². The minimum absolute atomic E-state index is 0.140. The molecule has 0 saturated heterocycles. The Balaban J connectivity index is 2.53. The number of carbonyl (C=O) groups excluding carboxylic acids is 1. The van der Waals surface area contributed by atoms with Crippen molar-refractivity contribution in [1.29, 1.82) is 0 Å². The monoisotopic (exact) mass is 369 g/mol. The fraction of sp³-hybridized carbons (Fsp3) is 0.611. The molecule has 1 aromatic carbocycles. The van der Waals surface area contributed by atoms with Crippen LogP contribution in [0, 0.1) is 0 Å². The van der Waals surface area contributed by atoms with Gasteiger partial charge < -0.3 is 10.2 Å². The van der Waals surface area contributed by atoms with Crippen molar-refractivity contribution in [2.45, 2.75) is 32.6 Å². The highest BCUT2D eigenvalue weighted by Crippen LogP contribution is 2.17. The van der Waals surface area contributed by atoms with Crippen LogP contribution in [0.2, 0.25) is 0 Å². The van der Waals surface area contributed by atoms with Gasteiger partial charge in [-0.05, 0) is 50.7 Å². The van der Waals surface area contributed by atoms with E-state index in [0.29, 0.717) is 12.5 Å². The van der Waals surface area contributed by atoms with Crippen molar-refractivity contribution in [3.63, 3.8) is 0 Å². The van der Waals surface area contributed by atoms with E-state index in [4.69, 9.17) is 0 Å². The molecule has 0 radical (unpaired) electrons. The van der Waals surface area contributed by atoms with Gasteiger partial charge in [0.1, 0.15) is 0 Å². The summed E-state index contributed by atoms with van der Waals surface area (Å²) in [5.74, 6) is 0.258. The van der Waals surface area contributed by atoms with Gasteiger partial charge in [-0.15, -0.1) is 0 Å². The van der Waals surface area contributed by atoms with Crippen molar-refractivity contribution in [2.75, 3.05) is 45.3 Å². The fourth-order valence-electron chi connectivity index (χ4n) is 2.41. The first kappa shape index (κ1) is 21.6. The molecule has 1 aromatic rings. The molecule has 1 N–H and O–H groups in total. The van der Waals surface area contributed by atoms with E-state index in [1.54, 1.807) is 0 Å². The third-order valence-electron chi connectivity index (χ3n) is 3.93. The Hall–Kier alpha value is -1.44. The van der Waals surface area contributed by atoms with E-state index in [1.807, 2.05) is 43.3 Å². The Morgan fingerprint density at radius 3 is 2.16 bits per heavy atom.